The standard InChI is InChI=1S/C13H28N2O2/c1-12(2)15-8-4-5-13(11-16,6-9-15)14-7-10-17-3/h12,14,16H,4-11H2,1-3H3. The average Bonchev–Trinajstić information content (AvgIpc) is 2.53. The molecule has 0 aliphatic carbocycles. The molecule has 1 fully saturated rings. The third-order valence-electron chi connectivity index (χ3n) is 3.82. The van der Waals surface area contributed by atoms with Crippen molar-refractivity contribution in [1.82, 2.24) is 10.2 Å². The molecule has 0 aromatic carbocycles. The Balaban J connectivity index is 2.49. The first-order valence-electron chi connectivity index (χ1n) is 6.72. The van der Waals surface area contributed by atoms with Crippen LogP contribution in [0, 0.1) is 0 Å². The fourth-order valence-electron chi connectivity index (χ4n) is 2.54. The lowest BCUT2D eigenvalue weighted by Gasteiger charge is -2.32. The topological polar surface area (TPSA) is 44.7 Å². The number of nitrogens with zero attached hydrogens (tertiary/aromatic N) is 1. The molecule has 0 amide bonds. The maximum absolute atomic E-state index is 9.67. The molecule has 0 radical (unpaired) electrons. The van der Waals surface area contributed by atoms with Crippen molar-refractivity contribution >= 4 is 0 Å². The summed E-state index contributed by atoms with van der Waals surface area (Å²) in [5.74, 6) is 0. The lowest BCUT2D eigenvalue weighted by molar-refractivity contribution is 0.123. The zero-order valence-corrected chi connectivity index (χ0v) is 11.5. The molecule has 2 N–H and O–H groups in total. The van der Waals surface area contributed by atoms with Crippen molar-refractivity contribution in [3.05, 3.63) is 0 Å². The van der Waals surface area contributed by atoms with Crippen LogP contribution in [-0.2, 0) is 4.74 Å². The largest absolute Gasteiger partial charge is 0.394 e. The monoisotopic (exact) mass is 244 g/mol. The fourth-order valence-corrected chi connectivity index (χ4v) is 2.54. The minimum Gasteiger partial charge on any atom is -0.394 e. The molecule has 4 heteroatoms. The highest BCUT2D eigenvalue weighted by molar-refractivity contribution is 4.91. The van der Waals surface area contributed by atoms with Crippen molar-refractivity contribution in [3.8, 4) is 0 Å². The fraction of sp³-hybridized carbons (Fsp3) is 1.00. The van der Waals surface area contributed by atoms with E-state index < -0.39 is 0 Å². The van der Waals surface area contributed by atoms with E-state index in [1.807, 2.05) is 0 Å². The maximum Gasteiger partial charge on any atom is 0.0613 e. The number of likely N-dealkylation sites (tertiary alicyclic amines) is 1. The third kappa shape index (κ3) is 4.54. The maximum atomic E-state index is 9.67. The Labute approximate surface area is 105 Å². The number of aliphatic hydroxyl groups excluding tert-OH is 1. The third-order valence-corrected chi connectivity index (χ3v) is 3.82. The molecule has 0 spiro atoms. The zero-order valence-electron chi connectivity index (χ0n) is 11.5. The van der Waals surface area contributed by atoms with Gasteiger partial charge in [0.1, 0.15) is 0 Å². The SMILES string of the molecule is COCCNC1(CO)CCCN(C(C)C)CC1. The summed E-state index contributed by atoms with van der Waals surface area (Å²) in [4.78, 5) is 2.50. The Morgan fingerprint density at radius 3 is 2.71 bits per heavy atom. The van der Waals surface area contributed by atoms with Gasteiger partial charge in [0, 0.05) is 31.8 Å². The van der Waals surface area contributed by atoms with Crippen molar-refractivity contribution < 1.29 is 9.84 Å². The molecule has 0 bridgehead atoms. The van der Waals surface area contributed by atoms with Gasteiger partial charge in [-0.15, -0.1) is 0 Å². The van der Waals surface area contributed by atoms with Crippen LogP contribution in [0.5, 0.6) is 0 Å². The number of aliphatic hydroxyl groups is 1. The van der Waals surface area contributed by atoms with Crippen LogP contribution in [-0.4, -0.2) is 61.5 Å². The van der Waals surface area contributed by atoms with E-state index in [9.17, 15) is 5.11 Å². The van der Waals surface area contributed by atoms with Crippen LogP contribution in [0.3, 0.4) is 0 Å². The number of methoxy groups -OCH3 is 1. The Morgan fingerprint density at radius 1 is 1.35 bits per heavy atom. The van der Waals surface area contributed by atoms with Crippen LogP contribution in [0.1, 0.15) is 33.1 Å². The Kier molecular flexibility index (Phi) is 6.41. The van der Waals surface area contributed by atoms with Gasteiger partial charge >= 0.3 is 0 Å². The molecule has 1 unspecified atom stereocenters. The first-order valence-corrected chi connectivity index (χ1v) is 6.72. The highest BCUT2D eigenvalue weighted by Crippen LogP contribution is 2.23. The summed E-state index contributed by atoms with van der Waals surface area (Å²) in [7, 11) is 1.71. The zero-order chi connectivity index (χ0) is 12.7. The Morgan fingerprint density at radius 2 is 2.12 bits per heavy atom. The van der Waals surface area contributed by atoms with Gasteiger partial charge in [-0.1, -0.05) is 0 Å². The smallest absolute Gasteiger partial charge is 0.0613 e. The second kappa shape index (κ2) is 7.31. The van der Waals surface area contributed by atoms with Gasteiger partial charge in [0.15, 0.2) is 0 Å². The summed E-state index contributed by atoms with van der Waals surface area (Å²) >= 11 is 0. The van der Waals surface area contributed by atoms with E-state index in [1.54, 1.807) is 7.11 Å². The van der Waals surface area contributed by atoms with Gasteiger partial charge in [0.05, 0.1) is 13.2 Å². The molecule has 1 saturated heterocycles. The molecule has 4 nitrogen and oxygen atoms in total. The predicted octanol–water partition coefficient (Wildman–Crippen LogP) is 0.848. The van der Waals surface area contributed by atoms with Crippen LogP contribution in [0.25, 0.3) is 0 Å². The highest BCUT2D eigenvalue weighted by atomic mass is 16.5. The molecule has 17 heavy (non-hydrogen) atoms. The predicted molar refractivity (Wildman–Crippen MR) is 70.3 cm³/mol. The minimum atomic E-state index is -0.0951. The summed E-state index contributed by atoms with van der Waals surface area (Å²) in [6, 6.07) is 0.600. The minimum absolute atomic E-state index is 0.0951. The molecule has 102 valence electrons. The van der Waals surface area contributed by atoms with Gasteiger partial charge in [0.25, 0.3) is 0 Å². The molecule has 1 aliphatic rings. The van der Waals surface area contributed by atoms with Gasteiger partial charge in [-0.2, -0.15) is 0 Å². The second-order valence-corrected chi connectivity index (χ2v) is 5.34. The number of hydrogen-bond acceptors (Lipinski definition) is 4. The van der Waals surface area contributed by atoms with Gasteiger partial charge in [-0.25, -0.2) is 0 Å². The van der Waals surface area contributed by atoms with E-state index in [1.165, 1.54) is 0 Å². The van der Waals surface area contributed by atoms with Crippen molar-refractivity contribution in [2.75, 3.05) is 40.0 Å². The summed E-state index contributed by atoms with van der Waals surface area (Å²) in [6.45, 7) is 8.44. The van der Waals surface area contributed by atoms with Crippen molar-refractivity contribution in [2.45, 2.75) is 44.7 Å². The van der Waals surface area contributed by atoms with E-state index >= 15 is 0 Å². The van der Waals surface area contributed by atoms with Crippen molar-refractivity contribution in [1.29, 1.82) is 0 Å². The van der Waals surface area contributed by atoms with Crippen LogP contribution >= 0.6 is 0 Å². The van der Waals surface area contributed by atoms with E-state index in [4.69, 9.17) is 4.74 Å². The van der Waals surface area contributed by atoms with Crippen LogP contribution in [0.15, 0.2) is 0 Å². The summed E-state index contributed by atoms with van der Waals surface area (Å²) in [5.41, 5.74) is -0.0951. The molecular weight excluding hydrogens is 216 g/mol. The molecule has 0 aromatic rings. The number of hydrogen-bond donors (Lipinski definition) is 2. The summed E-state index contributed by atoms with van der Waals surface area (Å²) in [5, 5.41) is 13.2. The lowest BCUT2D eigenvalue weighted by atomic mass is 9.91. The van der Waals surface area contributed by atoms with Crippen molar-refractivity contribution in [3.63, 3.8) is 0 Å². The first kappa shape index (κ1) is 14.9. The molecule has 1 aliphatic heterocycles. The summed E-state index contributed by atoms with van der Waals surface area (Å²) < 4.78 is 5.06. The van der Waals surface area contributed by atoms with Crippen LogP contribution < -0.4 is 5.32 Å². The van der Waals surface area contributed by atoms with Crippen LogP contribution in [0.4, 0.5) is 0 Å². The van der Waals surface area contributed by atoms with Gasteiger partial charge < -0.3 is 20.1 Å². The van der Waals surface area contributed by atoms with E-state index in [0.717, 1.165) is 38.9 Å². The van der Waals surface area contributed by atoms with Gasteiger partial charge in [-0.05, 0) is 39.7 Å². The number of nitrogens with one attached hydrogen (secondary N) is 1. The van der Waals surface area contributed by atoms with Crippen LogP contribution in [0.2, 0.25) is 0 Å². The molecule has 1 heterocycles. The first-order chi connectivity index (χ1) is 8.13. The van der Waals surface area contributed by atoms with Crippen molar-refractivity contribution in [2.24, 2.45) is 0 Å². The normalized spacial score (nSPS) is 27.4. The molecule has 0 saturated carbocycles. The highest BCUT2D eigenvalue weighted by Gasteiger charge is 2.31. The molecule has 1 rings (SSSR count). The average molecular weight is 244 g/mol. The van der Waals surface area contributed by atoms with E-state index in [0.29, 0.717) is 12.6 Å². The quantitative estimate of drug-likeness (QED) is 0.680. The van der Waals surface area contributed by atoms with Gasteiger partial charge in [-0.3, -0.25) is 0 Å². The molecular formula is C13H28N2O2. The Bertz CT molecular complexity index is 212. The van der Waals surface area contributed by atoms with E-state index in [-0.39, 0.29) is 12.1 Å². The molecule has 1 atom stereocenters. The van der Waals surface area contributed by atoms with E-state index in [2.05, 4.69) is 24.1 Å². The number of ether oxygens (including phenoxy) is 1. The second-order valence-electron chi connectivity index (χ2n) is 5.34. The summed E-state index contributed by atoms with van der Waals surface area (Å²) in [6.07, 6.45) is 3.22. The number of rotatable bonds is 6. The lowest BCUT2D eigenvalue weighted by Crippen LogP contribution is -2.50. The Hall–Kier alpha value is -0.160. The molecule has 0 aromatic heterocycles. The van der Waals surface area contributed by atoms with Gasteiger partial charge in [0.2, 0.25) is 0 Å².